The van der Waals surface area contributed by atoms with Crippen molar-refractivity contribution in [3.63, 3.8) is 0 Å². The highest BCUT2D eigenvalue weighted by atomic mass is 35.5. The highest BCUT2D eigenvalue weighted by Gasteiger charge is 2.23. The first kappa shape index (κ1) is 20.0. The fourth-order valence-electron chi connectivity index (χ4n) is 2.09. The number of hydrogen-bond acceptors (Lipinski definition) is 5. The topological polar surface area (TPSA) is 83.2 Å². The highest BCUT2D eigenvalue weighted by Crippen LogP contribution is 2.19. The van der Waals surface area contributed by atoms with Gasteiger partial charge in [0.2, 0.25) is 9.84 Å². The lowest BCUT2D eigenvalue weighted by Crippen LogP contribution is -2.14. The van der Waals surface area contributed by atoms with E-state index in [0.29, 0.717) is 21.4 Å². The van der Waals surface area contributed by atoms with Crippen molar-refractivity contribution in [3.8, 4) is 0 Å². The molecule has 0 aliphatic rings. The number of hydrogen-bond donors (Lipinski definition) is 1. The molecule has 0 unspecified atom stereocenters. The van der Waals surface area contributed by atoms with Crippen LogP contribution >= 0.6 is 23.2 Å². The Balaban J connectivity index is 1.96. The molecule has 0 aromatic heterocycles. The van der Waals surface area contributed by atoms with Crippen LogP contribution in [0.5, 0.6) is 0 Å². The minimum absolute atomic E-state index is 0.0571. The number of amidine groups is 1. The van der Waals surface area contributed by atoms with Crippen molar-refractivity contribution in [1.29, 1.82) is 0 Å². The molecule has 3 aromatic rings. The molecule has 28 heavy (non-hydrogen) atoms. The van der Waals surface area contributed by atoms with E-state index in [1.165, 1.54) is 12.1 Å². The van der Waals surface area contributed by atoms with Crippen molar-refractivity contribution in [2.75, 3.05) is 5.43 Å². The monoisotopic (exact) mass is 432 g/mol. The van der Waals surface area contributed by atoms with Crippen molar-refractivity contribution in [3.05, 3.63) is 88.9 Å². The lowest BCUT2D eigenvalue weighted by molar-refractivity contribution is 0.606. The van der Waals surface area contributed by atoms with Crippen molar-refractivity contribution in [1.82, 2.24) is 0 Å². The summed E-state index contributed by atoms with van der Waals surface area (Å²) in [4.78, 5) is 0.0571. The second-order valence-electron chi connectivity index (χ2n) is 5.51. The number of anilines is 1. The maximum Gasteiger partial charge on any atom is 0.289 e. The Bertz CT molecular complexity index is 1100. The van der Waals surface area contributed by atoms with Crippen LogP contribution in [0.3, 0.4) is 0 Å². The molecule has 0 amide bonds. The molecule has 1 N–H and O–H groups in total. The second kappa shape index (κ2) is 8.97. The number of halogens is 2. The van der Waals surface area contributed by atoms with Crippen LogP contribution in [-0.4, -0.2) is 13.6 Å². The Morgan fingerprint density at radius 2 is 1.36 bits per heavy atom. The van der Waals surface area contributed by atoms with Crippen LogP contribution in [0, 0.1) is 0 Å². The van der Waals surface area contributed by atoms with Gasteiger partial charge in [-0.2, -0.15) is 0 Å². The molecule has 0 saturated carbocycles. The molecule has 0 aliphatic heterocycles. The van der Waals surface area contributed by atoms with Gasteiger partial charge in [-0.15, -0.1) is 15.3 Å². The number of azo groups is 1. The van der Waals surface area contributed by atoms with E-state index in [4.69, 9.17) is 23.2 Å². The number of hydrazone groups is 1. The van der Waals surface area contributed by atoms with E-state index in [-0.39, 0.29) is 4.90 Å². The first-order valence-corrected chi connectivity index (χ1v) is 10.3. The third-order valence-corrected chi connectivity index (χ3v) is 5.55. The zero-order valence-electron chi connectivity index (χ0n) is 14.3. The minimum atomic E-state index is -3.98. The van der Waals surface area contributed by atoms with Crippen LogP contribution in [-0.2, 0) is 9.84 Å². The summed E-state index contributed by atoms with van der Waals surface area (Å²) in [6.45, 7) is 0. The van der Waals surface area contributed by atoms with E-state index in [2.05, 4.69) is 20.8 Å². The van der Waals surface area contributed by atoms with E-state index in [1.807, 2.05) is 0 Å². The quantitative estimate of drug-likeness (QED) is 0.239. The van der Waals surface area contributed by atoms with Crippen LogP contribution in [0.2, 0.25) is 10.0 Å². The summed E-state index contributed by atoms with van der Waals surface area (Å²) in [7, 11) is -3.98. The van der Waals surface area contributed by atoms with Crippen molar-refractivity contribution in [2.45, 2.75) is 4.90 Å². The van der Waals surface area contributed by atoms with Gasteiger partial charge in [0.05, 0.1) is 16.3 Å². The first-order chi connectivity index (χ1) is 13.4. The summed E-state index contributed by atoms with van der Waals surface area (Å²) in [6.07, 6.45) is 0. The van der Waals surface area contributed by atoms with Gasteiger partial charge in [-0.25, -0.2) is 8.42 Å². The van der Waals surface area contributed by atoms with Crippen molar-refractivity contribution < 1.29 is 8.42 Å². The summed E-state index contributed by atoms with van der Waals surface area (Å²) in [6, 6.07) is 21.0. The lowest BCUT2D eigenvalue weighted by atomic mass is 10.3. The fourth-order valence-corrected chi connectivity index (χ4v) is 3.38. The molecular formula is C19H14Cl2N4O2S. The second-order valence-corrected chi connectivity index (χ2v) is 8.22. The fraction of sp³-hybridized carbons (Fsp3) is 0. The molecule has 0 radical (unpaired) electrons. The van der Waals surface area contributed by atoms with Crippen molar-refractivity contribution in [2.24, 2.45) is 15.3 Å². The van der Waals surface area contributed by atoms with Gasteiger partial charge in [-0.05, 0) is 60.7 Å². The third kappa shape index (κ3) is 5.16. The highest BCUT2D eigenvalue weighted by molar-refractivity contribution is 8.06. The summed E-state index contributed by atoms with van der Waals surface area (Å²) in [5.74, 6) is 0. The molecule has 0 fully saturated rings. The maximum atomic E-state index is 12.9. The lowest BCUT2D eigenvalue weighted by Gasteiger charge is -2.05. The van der Waals surface area contributed by atoms with Gasteiger partial charge in [0.1, 0.15) is 0 Å². The van der Waals surface area contributed by atoms with Crippen LogP contribution in [0.1, 0.15) is 0 Å². The van der Waals surface area contributed by atoms with E-state index in [1.54, 1.807) is 66.7 Å². The molecule has 142 valence electrons. The molecule has 3 aromatic carbocycles. The Labute approximate surface area is 172 Å². The average molecular weight is 433 g/mol. The van der Waals surface area contributed by atoms with E-state index in [9.17, 15) is 8.42 Å². The maximum absolute atomic E-state index is 12.9. The van der Waals surface area contributed by atoms with Crippen LogP contribution in [0.4, 0.5) is 11.4 Å². The summed E-state index contributed by atoms with van der Waals surface area (Å²) in [5, 5.41) is 12.4. The van der Waals surface area contributed by atoms with Gasteiger partial charge in [0.15, 0.2) is 0 Å². The van der Waals surface area contributed by atoms with E-state index < -0.39 is 15.0 Å². The predicted molar refractivity (Wildman–Crippen MR) is 112 cm³/mol. The van der Waals surface area contributed by atoms with Crippen LogP contribution < -0.4 is 5.43 Å². The molecule has 0 aliphatic carbocycles. The van der Waals surface area contributed by atoms with E-state index >= 15 is 0 Å². The van der Waals surface area contributed by atoms with Crippen LogP contribution in [0.15, 0.2) is 99.1 Å². The van der Waals surface area contributed by atoms with Gasteiger partial charge in [-0.1, -0.05) is 41.4 Å². The van der Waals surface area contributed by atoms with Gasteiger partial charge >= 0.3 is 0 Å². The summed E-state index contributed by atoms with van der Waals surface area (Å²) >= 11 is 11.7. The zero-order valence-corrected chi connectivity index (χ0v) is 16.7. The van der Waals surface area contributed by atoms with Crippen LogP contribution in [0.25, 0.3) is 0 Å². The number of nitrogens with zero attached hydrogens (tertiary/aromatic N) is 3. The molecule has 6 nitrogen and oxygen atoms in total. The van der Waals surface area contributed by atoms with Gasteiger partial charge < -0.3 is 0 Å². The smallest absolute Gasteiger partial charge is 0.276 e. The molecule has 0 saturated heterocycles. The molecule has 0 bridgehead atoms. The molecule has 3 rings (SSSR count). The summed E-state index contributed by atoms with van der Waals surface area (Å²) in [5.41, 5.74) is 3.65. The molecule has 9 heteroatoms. The number of benzene rings is 3. The minimum Gasteiger partial charge on any atom is -0.276 e. The largest absolute Gasteiger partial charge is 0.289 e. The first-order valence-electron chi connectivity index (χ1n) is 8.02. The zero-order chi connectivity index (χ0) is 20.0. The summed E-state index contributed by atoms with van der Waals surface area (Å²) < 4.78 is 25.8. The standard InChI is InChI=1S/C19H14Cl2N4O2S/c20-14-6-10-16(11-7-14)22-24-19(25-23-17-12-8-15(21)9-13-17)28(26,27)18-4-2-1-3-5-18/h1-13,22H/b24-19+,25-23?. The average Bonchev–Trinajstić information content (AvgIpc) is 2.71. The van der Waals surface area contributed by atoms with E-state index in [0.717, 1.165) is 0 Å². The van der Waals surface area contributed by atoms with Gasteiger partial charge in [-0.3, -0.25) is 5.43 Å². The Morgan fingerprint density at radius 1 is 0.786 bits per heavy atom. The number of rotatable bonds is 4. The SMILES string of the molecule is O=S(=O)(/C(N=Nc1ccc(Cl)cc1)=N/Nc1ccc(Cl)cc1)c1ccccc1. The Morgan fingerprint density at radius 3 is 1.96 bits per heavy atom. The number of nitrogens with one attached hydrogen (secondary N) is 1. The third-order valence-electron chi connectivity index (χ3n) is 3.50. The van der Waals surface area contributed by atoms with Gasteiger partial charge in [0.25, 0.3) is 5.17 Å². The Hall–Kier alpha value is -2.74. The van der Waals surface area contributed by atoms with Gasteiger partial charge in [0, 0.05) is 10.0 Å². The normalized spacial score (nSPS) is 12.3. The Kier molecular flexibility index (Phi) is 6.41. The number of sulfone groups is 1. The van der Waals surface area contributed by atoms with Crippen molar-refractivity contribution >= 4 is 49.6 Å². The molecule has 0 spiro atoms. The molecule has 0 heterocycles. The molecular weight excluding hydrogens is 419 g/mol. The molecule has 0 atom stereocenters. The predicted octanol–water partition coefficient (Wildman–Crippen LogP) is 5.93.